The van der Waals surface area contributed by atoms with E-state index in [0.717, 1.165) is 67.0 Å². The number of fused-ring (bicyclic) bond motifs is 2. The molecule has 4 unspecified atom stereocenters. The molecule has 3 amide bonds. The molecule has 10 nitrogen and oxygen atoms in total. The second kappa shape index (κ2) is 13.5. The van der Waals surface area contributed by atoms with E-state index < -0.39 is 6.04 Å². The summed E-state index contributed by atoms with van der Waals surface area (Å²) in [7, 11) is 0. The van der Waals surface area contributed by atoms with Crippen LogP contribution in [0.3, 0.4) is 0 Å². The Balaban J connectivity index is 0.956. The highest BCUT2D eigenvalue weighted by molar-refractivity contribution is 6.06. The van der Waals surface area contributed by atoms with Crippen LogP contribution >= 0.6 is 0 Å². The zero-order chi connectivity index (χ0) is 30.5. The van der Waals surface area contributed by atoms with Crippen molar-refractivity contribution >= 4 is 41.0 Å². The predicted octanol–water partition coefficient (Wildman–Crippen LogP) is 4.41. The molecule has 4 aliphatic rings. The maximum atomic E-state index is 13.2. The Hall–Kier alpha value is -4.34. The lowest BCUT2D eigenvalue weighted by Gasteiger charge is -2.31. The van der Waals surface area contributed by atoms with Crippen LogP contribution in [0.5, 0.6) is 0 Å². The van der Waals surface area contributed by atoms with Gasteiger partial charge in [-0.25, -0.2) is 0 Å². The van der Waals surface area contributed by atoms with Crippen LogP contribution in [0.1, 0.15) is 73.7 Å². The smallest absolute Gasteiger partial charge is 0.255 e. The Morgan fingerprint density at radius 1 is 1.05 bits per heavy atom. The van der Waals surface area contributed by atoms with Crippen LogP contribution in [0.15, 0.2) is 59.2 Å². The fraction of sp³-hybridized carbons (Fsp3) is 0.471. The van der Waals surface area contributed by atoms with Crippen molar-refractivity contribution in [3.63, 3.8) is 0 Å². The number of piperidine rings is 1. The van der Waals surface area contributed by atoms with Gasteiger partial charge in [0, 0.05) is 66.9 Å². The molecule has 0 bridgehead atoms. The van der Waals surface area contributed by atoms with Crippen molar-refractivity contribution in [2.45, 2.75) is 82.5 Å². The first kappa shape index (κ1) is 29.7. The summed E-state index contributed by atoms with van der Waals surface area (Å²) in [6.07, 6.45) is 12.2. The first-order valence-electron chi connectivity index (χ1n) is 16.0. The number of amides is 3. The molecule has 1 aliphatic carbocycles. The third kappa shape index (κ3) is 6.59. The minimum Gasteiger partial charge on any atom is -0.404 e. The zero-order valence-electron chi connectivity index (χ0n) is 25.2. The normalized spacial score (nSPS) is 25.2. The number of imide groups is 1. The summed E-state index contributed by atoms with van der Waals surface area (Å²) in [6, 6.07) is 13.8. The Bertz CT molecular complexity index is 1450. The Morgan fingerprint density at radius 2 is 1.91 bits per heavy atom. The van der Waals surface area contributed by atoms with Crippen LogP contribution in [0, 0.1) is 5.92 Å². The predicted molar refractivity (Wildman–Crippen MR) is 174 cm³/mol. The molecule has 0 radical (unpaired) electrons. The van der Waals surface area contributed by atoms with Crippen LogP contribution in [0.25, 0.3) is 0 Å². The molecule has 0 spiro atoms. The summed E-state index contributed by atoms with van der Waals surface area (Å²) < 4.78 is 0. The van der Waals surface area contributed by atoms with Gasteiger partial charge in [0.2, 0.25) is 11.8 Å². The number of rotatable bonds is 10. The van der Waals surface area contributed by atoms with Crippen molar-refractivity contribution in [1.82, 2.24) is 10.2 Å². The highest BCUT2D eigenvalue weighted by atomic mass is 16.2. The second-order valence-electron chi connectivity index (χ2n) is 12.4. The molecule has 4 atom stereocenters. The van der Waals surface area contributed by atoms with Gasteiger partial charge in [-0.1, -0.05) is 43.9 Å². The van der Waals surface area contributed by atoms with Gasteiger partial charge in [-0.15, -0.1) is 0 Å². The fourth-order valence-electron chi connectivity index (χ4n) is 7.10. The van der Waals surface area contributed by atoms with E-state index in [2.05, 4.69) is 38.4 Å². The monoisotopic (exact) mass is 597 g/mol. The number of carbonyl (C=O) groups excluding carboxylic acids is 3. The SMILES string of the molecule is NC=C(C=NCCCCC1CCCC(Nc2cccc3c2CN(C2CCC(=O)NC2=O)C3=O)C1)C1CNc2ccccc2N1. The number of unbranched alkanes of at least 4 members (excludes halogenated alkanes) is 1. The molecular weight excluding hydrogens is 554 g/mol. The molecule has 3 heterocycles. The molecule has 232 valence electrons. The van der Waals surface area contributed by atoms with Gasteiger partial charge in [0.1, 0.15) is 6.04 Å². The van der Waals surface area contributed by atoms with E-state index in [1.54, 1.807) is 11.1 Å². The molecule has 6 N–H and O–H groups in total. The van der Waals surface area contributed by atoms with Gasteiger partial charge in [0.15, 0.2) is 0 Å². The van der Waals surface area contributed by atoms with E-state index in [-0.39, 0.29) is 30.2 Å². The summed E-state index contributed by atoms with van der Waals surface area (Å²) in [6.45, 7) is 1.95. The number of anilines is 3. The van der Waals surface area contributed by atoms with Crippen LogP contribution in [-0.4, -0.2) is 60.1 Å². The average Bonchev–Trinajstić information content (AvgIpc) is 3.37. The van der Waals surface area contributed by atoms with Crippen molar-refractivity contribution in [2.75, 3.05) is 29.0 Å². The van der Waals surface area contributed by atoms with Gasteiger partial charge in [0.25, 0.3) is 5.91 Å². The number of benzene rings is 2. The quantitative estimate of drug-likeness (QED) is 0.155. The standard InChI is InChI=1S/C34H43N7O3/c35-18-23(30-20-37-28-11-1-2-12-29(28)39-30)19-36-16-4-3-7-22-8-5-9-24(17-22)38-27-13-6-10-25-26(27)21-41(34(25)44)31-14-15-32(42)40-33(31)43/h1-2,6,10-13,18-19,22,24,30-31,37-39H,3-5,7-9,14-17,20-21,35H2,(H,40,42,43). The van der Waals surface area contributed by atoms with Crippen molar-refractivity contribution < 1.29 is 14.4 Å². The van der Waals surface area contributed by atoms with E-state index >= 15 is 0 Å². The summed E-state index contributed by atoms with van der Waals surface area (Å²) in [5, 5.41) is 13.1. The Kier molecular flexibility index (Phi) is 9.14. The lowest BCUT2D eigenvalue weighted by molar-refractivity contribution is -0.136. The summed E-state index contributed by atoms with van der Waals surface area (Å²) in [5.74, 6) is -0.111. The number of nitrogens with one attached hydrogen (secondary N) is 4. The Labute approximate surface area is 258 Å². The van der Waals surface area contributed by atoms with E-state index in [1.165, 1.54) is 19.3 Å². The molecule has 0 aromatic heterocycles. The average molecular weight is 598 g/mol. The van der Waals surface area contributed by atoms with Gasteiger partial charge >= 0.3 is 0 Å². The van der Waals surface area contributed by atoms with Crippen LogP contribution in [0.4, 0.5) is 17.1 Å². The number of nitrogens with zero attached hydrogens (tertiary/aromatic N) is 2. The highest BCUT2D eigenvalue weighted by Crippen LogP contribution is 2.35. The second-order valence-corrected chi connectivity index (χ2v) is 12.4. The molecule has 3 aliphatic heterocycles. The molecular formula is C34H43N7O3. The molecule has 6 rings (SSSR count). The molecule has 1 saturated heterocycles. The summed E-state index contributed by atoms with van der Waals surface area (Å²) in [4.78, 5) is 43.6. The van der Waals surface area contributed by atoms with Crippen molar-refractivity contribution in [1.29, 1.82) is 0 Å². The minimum absolute atomic E-state index is 0.0924. The van der Waals surface area contributed by atoms with Gasteiger partial charge in [-0.05, 0) is 55.9 Å². The topological polar surface area (TPSA) is 141 Å². The number of aliphatic imine (C=N–C) groups is 1. The summed E-state index contributed by atoms with van der Waals surface area (Å²) >= 11 is 0. The van der Waals surface area contributed by atoms with E-state index in [0.29, 0.717) is 30.5 Å². The van der Waals surface area contributed by atoms with Crippen molar-refractivity contribution in [3.05, 3.63) is 65.4 Å². The van der Waals surface area contributed by atoms with E-state index in [9.17, 15) is 14.4 Å². The number of carbonyl (C=O) groups is 3. The fourth-order valence-corrected chi connectivity index (χ4v) is 7.10. The van der Waals surface area contributed by atoms with Crippen molar-refractivity contribution in [2.24, 2.45) is 16.6 Å². The van der Waals surface area contributed by atoms with E-state index in [4.69, 9.17) is 5.73 Å². The Morgan fingerprint density at radius 3 is 2.75 bits per heavy atom. The van der Waals surface area contributed by atoms with Crippen molar-refractivity contribution in [3.8, 4) is 0 Å². The van der Waals surface area contributed by atoms with Gasteiger partial charge in [-0.3, -0.25) is 24.7 Å². The van der Waals surface area contributed by atoms with Gasteiger partial charge in [-0.2, -0.15) is 0 Å². The largest absolute Gasteiger partial charge is 0.404 e. The highest BCUT2D eigenvalue weighted by Gasteiger charge is 2.40. The summed E-state index contributed by atoms with van der Waals surface area (Å²) in [5.41, 5.74) is 11.7. The maximum Gasteiger partial charge on any atom is 0.255 e. The van der Waals surface area contributed by atoms with Gasteiger partial charge < -0.3 is 26.6 Å². The van der Waals surface area contributed by atoms with Crippen LogP contribution in [0.2, 0.25) is 0 Å². The molecule has 2 aromatic carbocycles. The number of para-hydroxylation sites is 2. The molecule has 2 aromatic rings. The first-order chi connectivity index (χ1) is 21.5. The molecule has 10 heteroatoms. The van der Waals surface area contributed by atoms with Crippen LogP contribution < -0.4 is 27.0 Å². The number of hydrogen-bond donors (Lipinski definition) is 5. The van der Waals surface area contributed by atoms with Crippen LogP contribution in [-0.2, 0) is 16.1 Å². The van der Waals surface area contributed by atoms with E-state index in [1.807, 2.05) is 36.5 Å². The molecule has 2 fully saturated rings. The van der Waals surface area contributed by atoms with Gasteiger partial charge in [0.05, 0.1) is 17.4 Å². The molecule has 1 saturated carbocycles. The molecule has 44 heavy (non-hydrogen) atoms. The number of hydrogen-bond acceptors (Lipinski definition) is 8. The lowest BCUT2D eigenvalue weighted by atomic mass is 9.82. The zero-order valence-corrected chi connectivity index (χ0v) is 25.2. The first-order valence-corrected chi connectivity index (χ1v) is 16.0. The third-order valence-electron chi connectivity index (χ3n) is 9.46. The lowest BCUT2D eigenvalue weighted by Crippen LogP contribution is -2.52. The number of nitrogens with two attached hydrogens (primary N) is 1. The minimum atomic E-state index is -0.597. The maximum absolute atomic E-state index is 13.2. The third-order valence-corrected chi connectivity index (χ3v) is 9.46.